The van der Waals surface area contributed by atoms with Gasteiger partial charge in [-0.1, -0.05) is 12.1 Å². The van der Waals surface area contributed by atoms with Gasteiger partial charge in [-0.3, -0.25) is 9.59 Å². The van der Waals surface area contributed by atoms with Gasteiger partial charge in [0, 0.05) is 19.8 Å². The first-order valence-electron chi connectivity index (χ1n) is 8.55. The average Bonchev–Trinajstić information content (AvgIpc) is 2.66. The maximum Gasteiger partial charge on any atom is 0.258 e. The van der Waals surface area contributed by atoms with Gasteiger partial charge >= 0.3 is 0 Å². The Morgan fingerprint density at radius 3 is 2.89 bits per heavy atom. The van der Waals surface area contributed by atoms with Crippen molar-refractivity contribution in [3.8, 4) is 0 Å². The third kappa shape index (κ3) is 3.46. The Morgan fingerprint density at radius 1 is 1.29 bits per heavy atom. The second-order valence-corrected chi connectivity index (χ2v) is 8.29. The van der Waals surface area contributed by atoms with Crippen LogP contribution in [0.1, 0.15) is 5.82 Å². The third-order valence-electron chi connectivity index (χ3n) is 4.47. The second kappa shape index (κ2) is 6.71. The van der Waals surface area contributed by atoms with Crippen LogP contribution < -0.4 is 5.56 Å². The van der Waals surface area contributed by atoms with E-state index in [9.17, 15) is 18.0 Å². The molecular weight excluding hydrogens is 382 g/mol. The molecule has 1 N–H and O–H groups in total. The van der Waals surface area contributed by atoms with Gasteiger partial charge in [-0.15, -0.1) is 4.40 Å². The molecule has 10 heteroatoms. The first-order valence-corrected chi connectivity index (χ1v) is 10.2. The number of H-pyrrole nitrogens is 1. The van der Waals surface area contributed by atoms with Crippen LogP contribution in [0.15, 0.2) is 57.4 Å². The lowest BCUT2D eigenvalue weighted by Crippen LogP contribution is -2.38. The van der Waals surface area contributed by atoms with Crippen LogP contribution in [0.5, 0.6) is 0 Å². The Labute approximate surface area is 160 Å². The zero-order valence-electron chi connectivity index (χ0n) is 15.0. The highest BCUT2D eigenvalue weighted by molar-refractivity contribution is 7.90. The lowest BCUT2D eigenvalue weighted by atomic mass is 10.1. The van der Waals surface area contributed by atoms with E-state index in [0.29, 0.717) is 28.1 Å². The molecule has 0 saturated heterocycles. The van der Waals surface area contributed by atoms with E-state index in [1.54, 1.807) is 42.4 Å². The molecule has 0 radical (unpaired) electrons. The summed E-state index contributed by atoms with van der Waals surface area (Å²) < 4.78 is 26.8. The number of hydrogen-bond donors (Lipinski definition) is 1. The quantitative estimate of drug-likeness (QED) is 0.798. The molecule has 2 aromatic rings. The van der Waals surface area contributed by atoms with Gasteiger partial charge in [0.15, 0.2) is 0 Å². The van der Waals surface area contributed by atoms with Crippen LogP contribution in [0.3, 0.4) is 0 Å². The zero-order chi connectivity index (χ0) is 19.9. The molecule has 0 atom stereocenters. The number of aromatic amines is 1. The standard InChI is InChI=1S/C18H17N5O4S/c1-22(11-15-19-14-5-3-2-4-13(14)17(24)20-15)18(25)12-6-7-16-21-28(26,27)9-8-23(16)10-12/h2-7,10H,8-9,11H2,1H3,(H,19,20,24). The Balaban J connectivity index is 1.54. The van der Waals surface area contributed by atoms with Gasteiger partial charge in [-0.05, 0) is 24.3 Å². The van der Waals surface area contributed by atoms with Gasteiger partial charge in [0.25, 0.3) is 21.5 Å². The zero-order valence-corrected chi connectivity index (χ0v) is 15.8. The van der Waals surface area contributed by atoms with Crippen molar-refractivity contribution in [1.29, 1.82) is 0 Å². The number of nitrogens with one attached hydrogen (secondary N) is 1. The number of rotatable bonds is 3. The van der Waals surface area contributed by atoms with Crippen LogP contribution in [-0.2, 0) is 21.4 Å². The number of carbonyl (C=O) groups is 1. The fraction of sp³-hybridized carbons (Fsp3) is 0.222. The topological polar surface area (TPSA) is 116 Å². The van der Waals surface area contributed by atoms with E-state index in [0.717, 1.165) is 0 Å². The van der Waals surface area contributed by atoms with Gasteiger partial charge in [-0.2, -0.15) is 0 Å². The van der Waals surface area contributed by atoms with E-state index in [1.807, 2.05) is 0 Å². The lowest BCUT2D eigenvalue weighted by Gasteiger charge is -2.28. The minimum Gasteiger partial charge on any atom is -0.334 e. The molecule has 1 aromatic carbocycles. The van der Waals surface area contributed by atoms with E-state index >= 15 is 0 Å². The summed E-state index contributed by atoms with van der Waals surface area (Å²) in [6.45, 7) is 0.366. The third-order valence-corrected chi connectivity index (χ3v) is 5.63. The molecule has 2 aliphatic heterocycles. The highest BCUT2D eigenvalue weighted by Gasteiger charge is 2.26. The summed E-state index contributed by atoms with van der Waals surface area (Å²) in [5.41, 5.74) is 0.701. The van der Waals surface area contributed by atoms with Crippen molar-refractivity contribution in [2.24, 2.45) is 4.40 Å². The Bertz CT molecular complexity index is 1230. The van der Waals surface area contributed by atoms with Crippen molar-refractivity contribution in [2.75, 3.05) is 19.3 Å². The van der Waals surface area contributed by atoms with Crippen LogP contribution >= 0.6 is 0 Å². The first kappa shape index (κ1) is 18.1. The summed E-state index contributed by atoms with van der Waals surface area (Å²) in [7, 11) is -1.83. The normalized spacial score (nSPS) is 17.7. The smallest absolute Gasteiger partial charge is 0.258 e. The molecule has 9 nitrogen and oxygen atoms in total. The molecule has 1 amide bonds. The molecule has 1 aromatic heterocycles. The van der Waals surface area contributed by atoms with Crippen LogP contribution in [0.25, 0.3) is 10.9 Å². The lowest BCUT2D eigenvalue weighted by molar-refractivity contribution is -0.126. The number of para-hydroxylation sites is 1. The van der Waals surface area contributed by atoms with E-state index in [4.69, 9.17) is 0 Å². The first-order chi connectivity index (χ1) is 13.3. The van der Waals surface area contributed by atoms with Crippen molar-refractivity contribution in [2.45, 2.75) is 6.54 Å². The van der Waals surface area contributed by atoms with Gasteiger partial charge in [0.1, 0.15) is 11.7 Å². The molecule has 0 bridgehead atoms. The molecular formula is C18H17N5O4S. The Morgan fingerprint density at radius 2 is 2.07 bits per heavy atom. The fourth-order valence-electron chi connectivity index (χ4n) is 3.05. The molecule has 4 rings (SSSR count). The number of carbonyl (C=O) groups excluding carboxylic acids is 1. The summed E-state index contributed by atoms with van der Waals surface area (Å²) in [5, 5.41) is 0.491. The Hall–Kier alpha value is -3.27. The predicted octanol–water partition coefficient (Wildman–Crippen LogP) is 0.379. The number of aromatic nitrogens is 2. The van der Waals surface area contributed by atoms with E-state index in [-0.39, 0.29) is 30.3 Å². The molecule has 0 unspecified atom stereocenters. The van der Waals surface area contributed by atoms with Crippen LogP contribution in [-0.4, -0.2) is 59.3 Å². The largest absolute Gasteiger partial charge is 0.334 e. The van der Waals surface area contributed by atoms with Crippen molar-refractivity contribution < 1.29 is 13.2 Å². The second-order valence-electron chi connectivity index (χ2n) is 6.54. The molecule has 3 heterocycles. The van der Waals surface area contributed by atoms with Gasteiger partial charge in [0.05, 0.1) is 28.8 Å². The number of likely N-dealkylation sites (N-methyl/N-ethyl adjacent to an activating group) is 1. The van der Waals surface area contributed by atoms with E-state index in [1.165, 1.54) is 17.1 Å². The van der Waals surface area contributed by atoms with Gasteiger partial charge in [-0.25, -0.2) is 13.4 Å². The number of benzene rings is 1. The molecule has 0 fully saturated rings. The average molecular weight is 399 g/mol. The molecule has 0 saturated carbocycles. The van der Waals surface area contributed by atoms with Crippen molar-refractivity contribution in [1.82, 2.24) is 19.8 Å². The summed E-state index contributed by atoms with van der Waals surface area (Å²) in [4.78, 5) is 35.1. The minimum absolute atomic E-state index is 0.0968. The predicted molar refractivity (Wildman–Crippen MR) is 104 cm³/mol. The summed E-state index contributed by atoms with van der Waals surface area (Å²) in [6.07, 6.45) is 4.63. The molecule has 0 aliphatic carbocycles. The van der Waals surface area contributed by atoms with Crippen LogP contribution in [0.4, 0.5) is 0 Å². The molecule has 2 aliphatic rings. The number of amides is 1. The summed E-state index contributed by atoms with van der Waals surface area (Å²) >= 11 is 0. The number of sulfonamides is 1. The van der Waals surface area contributed by atoms with Crippen molar-refractivity contribution >= 4 is 32.7 Å². The van der Waals surface area contributed by atoms with Gasteiger partial charge < -0.3 is 14.8 Å². The Kier molecular flexibility index (Phi) is 4.34. The maximum absolute atomic E-state index is 12.8. The molecule has 144 valence electrons. The molecule has 0 spiro atoms. The maximum atomic E-state index is 12.8. The van der Waals surface area contributed by atoms with Crippen LogP contribution in [0.2, 0.25) is 0 Å². The van der Waals surface area contributed by atoms with Crippen molar-refractivity contribution in [3.63, 3.8) is 0 Å². The SMILES string of the molecule is CN(Cc1nc2ccccc2c(=O)[nH]1)C(=O)C1=CN2CCS(=O)(=O)N=C2C=C1. The molecule has 28 heavy (non-hydrogen) atoms. The monoisotopic (exact) mass is 399 g/mol. The van der Waals surface area contributed by atoms with Gasteiger partial charge in [0.2, 0.25) is 0 Å². The summed E-state index contributed by atoms with van der Waals surface area (Å²) in [5.74, 6) is 0.303. The number of nitrogens with zero attached hydrogens (tertiary/aromatic N) is 4. The highest BCUT2D eigenvalue weighted by atomic mass is 32.2. The minimum atomic E-state index is -3.44. The van der Waals surface area contributed by atoms with E-state index < -0.39 is 10.0 Å². The number of hydrogen-bond acceptors (Lipinski definition) is 6. The highest BCUT2D eigenvalue weighted by Crippen LogP contribution is 2.17. The van der Waals surface area contributed by atoms with Crippen LogP contribution in [0, 0.1) is 0 Å². The summed E-state index contributed by atoms with van der Waals surface area (Å²) in [6, 6.07) is 6.99. The van der Waals surface area contributed by atoms with E-state index in [2.05, 4.69) is 14.4 Å². The van der Waals surface area contributed by atoms with Crippen molar-refractivity contribution in [3.05, 3.63) is 64.4 Å². The number of amidine groups is 1. The fourth-order valence-corrected chi connectivity index (χ4v) is 4.02. The number of fused-ring (bicyclic) bond motifs is 2.